The van der Waals surface area contributed by atoms with Crippen LogP contribution in [0.5, 0.6) is 0 Å². The van der Waals surface area contributed by atoms with Crippen LogP contribution in [0.3, 0.4) is 0 Å². The molecule has 2 aromatic carbocycles. The molecule has 156 valence electrons. The van der Waals surface area contributed by atoms with E-state index in [0.29, 0.717) is 17.9 Å². The molecule has 1 heterocycles. The van der Waals surface area contributed by atoms with Gasteiger partial charge in [0.25, 0.3) is 0 Å². The average Bonchev–Trinajstić information content (AvgIpc) is 2.72. The molecule has 3 rings (SSSR count). The predicted octanol–water partition coefficient (Wildman–Crippen LogP) is 6.90. The van der Waals surface area contributed by atoms with Crippen LogP contribution in [-0.2, 0) is 9.59 Å². The smallest absolute Gasteiger partial charge is 0.223 e. The molecule has 2 atom stereocenters. The van der Waals surface area contributed by atoms with E-state index in [1.807, 2.05) is 68.4 Å². The summed E-state index contributed by atoms with van der Waals surface area (Å²) in [6.07, 6.45) is 5.59. The second-order valence-electron chi connectivity index (χ2n) is 6.58. The number of carbonyl (C=O) groups excluding carboxylic acids is 2. The molecule has 1 saturated heterocycles. The van der Waals surface area contributed by atoms with Gasteiger partial charge >= 0.3 is 0 Å². The minimum absolute atomic E-state index is 0.00586. The number of likely N-dealkylation sites (tertiary alicyclic amines) is 1. The first-order valence-corrected chi connectivity index (χ1v) is 10.5. The van der Waals surface area contributed by atoms with E-state index < -0.39 is 0 Å². The Balaban J connectivity index is 0.000000347. The third kappa shape index (κ3) is 8.43. The van der Waals surface area contributed by atoms with Gasteiger partial charge in [-0.1, -0.05) is 66.5 Å². The first-order valence-electron chi connectivity index (χ1n) is 9.77. The summed E-state index contributed by atoms with van der Waals surface area (Å²) in [6, 6.07) is 16.7. The second-order valence-corrected chi connectivity index (χ2v) is 7.45. The Kier molecular flexibility index (Phi) is 12.0. The fourth-order valence-corrected chi connectivity index (χ4v) is 3.36. The van der Waals surface area contributed by atoms with Crippen LogP contribution in [0.1, 0.15) is 51.1 Å². The van der Waals surface area contributed by atoms with E-state index in [4.69, 9.17) is 23.2 Å². The van der Waals surface area contributed by atoms with Gasteiger partial charge in [-0.2, -0.15) is 0 Å². The molecule has 0 saturated carbocycles. The third-order valence-corrected chi connectivity index (χ3v) is 4.92. The topological polar surface area (TPSA) is 37.4 Å². The van der Waals surface area contributed by atoms with Crippen molar-refractivity contribution < 1.29 is 9.59 Å². The van der Waals surface area contributed by atoms with Gasteiger partial charge in [-0.05, 0) is 56.0 Å². The lowest BCUT2D eigenvalue weighted by atomic mass is 9.93. The van der Waals surface area contributed by atoms with E-state index in [9.17, 15) is 9.59 Å². The van der Waals surface area contributed by atoms with Crippen LogP contribution in [0.4, 0.5) is 0 Å². The fourth-order valence-electron chi connectivity index (χ4n) is 3.09. The van der Waals surface area contributed by atoms with Gasteiger partial charge in [0, 0.05) is 16.5 Å². The van der Waals surface area contributed by atoms with Crippen LogP contribution >= 0.6 is 23.2 Å². The molecule has 1 aliphatic rings. The lowest BCUT2D eigenvalue weighted by Crippen LogP contribution is -2.45. The monoisotopic (exact) mass is 433 g/mol. The summed E-state index contributed by atoms with van der Waals surface area (Å²) < 4.78 is 0. The molecule has 5 heteroatoms. The maximum absolute atomic E-state index is 12.1. The molecular formula is C24H29Cl2NO2. The predicted molar refractivity (Wildman–Crippen MR) is 122 cm³/mol. The molecule has 2 aromatic rings. The molecule has 0 aliphatic carbocycles. The molecule has 1 aliphatic heterocycles. The summed E-state index contributed by atoms with van der Waals surface area (Å²) in [6.45, 7) is 7.18. The summed E-state index contributed by atoms with van der Waals surface area (Å²) in [7, 11) is 0. The minimum atomic E-state index is -0.325. The highest BCUT2D eigenvalue weighted by Crippen LogP contribution is 2.34. The Labute approximate surface area is 184 Å². The number of amides is 1. The van der Waals surface area contributed by atoms with Crippen LogP contribution < -0.4 is 0 Å². The van der Waals surface area contributed by atoms with E-state index in [1.54, 1.807) is 11.0 Å². The lowest BCUT2D eigenvalue weighted by Gasteiger charge is -2.39. The molecule has 0 radical (unpaired) electrons. The zero-order chi connectivity index (χ0) is 21.6. The number of piperidine rings is 1. The quantitative estimate of drug-likeness (QED) is 0.388. The fraction of sp³-hybridized carbons (Fsp3) is 0.333. The Morgan fingerprint density at radius 1 is 1.10 bits per heavy atom. The number of benzene rings is 2. The molecule has 0 unspecified atom stereocenters. The van der Waals surface area contributed by atoms with Gasteiger partial charge in [0.2, 0.25) is 5.91 Å². The lowest BCUT2D eigenvalue weighted by molar-refractivity contribution is -0.142. The summed E-state index contributed by atoms with van der Waals surface area (Å²) in [5, 5.41) is 1.47. The molecular weight excluding hydrogens is 405 g/mol. The summed E-state index contributed by atoms with van der Waals surface area (Å²) >= 11 is 11.4. The van der Waals surface area contributed by atoms with Crippen molar-refractivity contribution in [2.75, 3.05) is 0 Å². The van der Waals surface area contributed by atoms with Crippen molar-refractivity contribution in [1.82, 2.24) is 4.90 Å². The number of rotatable bonds is 4. The Morgan fingerprint density at radius 2 is 1.66 bits per heavy atom. The van der Waals surface area contributed by atoms with Gasteiger partial charge in [0.15, 0.2) is 0 Å². The van der Waals surface area contributed by atoms with Gasteiger partial charge in [-0.25, -0.2) is 0 Å². The number of nitrogens with zero attached hydrogens (tertiary/aromatic N) is 1. The number of carbonyl (C=O) groups is 2. The van der Waals surface area contributed by atoms with Gasteiger partial charge in [0.1, 0.15) is 6.29 Å². The number of hydrogen-bond donors (Lipinski definition) is 0. The second kappa shape index (κ2) is 14.0. The molecule has 29 heavy (non-hydrogen) atoms. The highest BCUT2D eigenvalue weighted by molar-refractivity contribution is 6.30. The van der Waals surface area contributed by atoms with Crippen molar-refractivity contribution in [2.24, 2.45) is 0 Å². The van der Waals surface area contributed by atoms with Crippen molar-refractivity contribution in [3.8, 4) is 0 Å². The molecule has 0 aromatic heterocycles. The van der Waals surface area contributed by atoms with Crippen molar-refractivity contribution in [2.45, 2.75) is 51.6 Å². The van der Waals surface area contributed by atoms with E-state index in [1.165, 1.54) is 0 Å². The van der Waals surface area contributed by atoms with Crippen molar-refractivity contribution in [1.29, 1.82) is 0 Å². The van der Waals surface area contributed by atoms with Crippen molar-refractivity contribution in [3.63, 3.8) is 0 Å². The van der Waals surface area contributed by atoms with Gasteiger partial charge in [-0.15, -0.1) is 6.58 Å². The van der Waals surface area contributed by atoms with Crippen molar-refractivity contribution >= 4 is 35.4 Å². The Hall–Kier alpha value is -2.10. The molecule has 0 bridgehead atoms. The van der Waals surface area contributed by atoms with Gasteiger partial charge in [-0.3, -0.25) is 4.79 Å². The van der Waals surface area contributed by atoms with Crippen LogP contribution in [0.15, 0.2) is 67.3 Å². The van der Waals surface area contributed by atoms with Crippen LogP contribution in [0.2, 0.25) is 10.0 Å². The molecule has 1 fully saturated rings. The molecule has 0 N–H and O–H groups in total. The van der Waals surface area contributed by atoms with Crippen LogP contribution in [0, 0.1) is 0 Å². The number of aldehydes is 1. The summed E-state index contributed by atoms with van der Waals surface area (Å²) in [5.74, 6) is 0.0742. The summed E-state index contributed by atoms with van der Waals surface area (Å²) in [4.78, 5) is 25.1. The van der Waals surface area contributed by atoms with Crippen molar-refractivity contribution in [3.05, 3.63) is 82.9 Å². The zero-order valence-electron chi connectivity index (χ0n) is 17.1. The Morgan fingerprint density at radius 3 is 2.10 bits per heavy atom. The van der Waals surface area contributed by atoms with E-state index >= 15 is 0 Å². The number of allylic oxidation sites excluding steroid dienone is 1. The molecule has 1 amide bonds. The average molecular weight is 434 g/mol. The highest BCUT2D eigenvalue weighted by Gasteiger charge is 2.33. The zero-order valence-corrected chi connectivity index (χ0v) is 18.6. The summed E-state index contributed by atoms with van der Waals surface area (Å²) in [5.41, 5.74) is 1.05. The van der Waals surface area contributed by atoms with E-state index in [-0.39, 0.29) is 18.0 Å². The van der Waals surface area contributed by atoms with Gasteiger partial charge in [0.05, 0.1) is 12.1 Å². The molecule has 0 spiro atoms. The normalized spacial score (nSPS) is 16.5. The number of halogens is 2. The highest BCUT2D eigenvalue weighted by atomic mass is 35.5. The van der Waals surface area contributed by atoms with Crippen LogP contribution in [0.25, 0.3) is 0 Å². The van der Waals surface area contributed by atoms with E-state index in [2.05, 4.69) is 6.58 Å². The third-order valence-electron chi connectivity index (χ3n) is 4.41. The first kappa shape index (κ1) is 24.9. The van der Waals surface area contributed by atoms with E-state index in [0.717, 1.165) is 29.7 Å². The first-order chi connectivity index (χ1) is 14.0. The minimum Gasteiger partial charge on any atom is -0.326 e. The van der Waals surface area contributed by atoms with Gasteiger partial charge < -0.3 is 9.69 Å². The van der Waals surface area contributed by atoms with Crippen LogP contribution in [-0.4, -0.2) is 23.1 Å². The molecule has 3 nitrogen and oxygen atoms in total. The maximum atomic E-state index is 12.1. The number of hydrogen-bond acceptors (Lipinski definition) is 2. The SMILES string of the molecule is C=CC.CC[C@@H](C=O)N1C(=O)CCC[C@H]1c1ccc(Cl)cc1.Clc1ccccc1. The largest absolute Gasteiger partial charge is 0.326 e. The Bertz CT molecular complexity index is 747. The standard InChI is InChI=1S/C15H18ClNO2.C6H5Cl.C3H6/c1-2-13(10-18)17-14(4-3-5-15(17)19)11-6-8-12(16)9-7-11;7-6-4-2-1-3-5-6;1-3-2/h6-10,13-14H,2-5H2,1H3;1-5H;3H,1H2,2H3/t13-,14-;;/m0../s1. The maximum Gasteiger partial charge on any atom is 0.223 e.